The van der Waals surface area contributed by atoms with Gasteiger partial charge in [-0.2, -0.15) is 0 Å². The number of hydrogen-bond donors (Lipinski definition) is 1. The lowest BCUT2D eigenvalue weighted by Gasteiger charge is -2.37. The zero-order valence-electron chi connectivity index (χ0n) is 10.1. The molecule has 0 unspecified atom stereocenters. The second-order valence-corrected chi connectivity index (χ2v) is 4.93. The van der Waals surface area contributed by atoms with E-state index >= 15 is 0 Å². The number of carbonyl (C=O) groups is 1. The predicted molar refractivity (Wildman–Crippen MR) is 61.7 cm³/mol. The van der Waals surface area contributed by atoms with Crippen LogP contribution in [0.1, 0.15) is 36.8 Å². The molecule has 5 heteroatoms. The van der Waals surface area contributed by atoms with Crippen LogP contribution in [-0.2, 0) is 10.2 Å². The van der Waals surface area contributed by atoms with Gasteiger partial charge in [-0.05, 0) is 37.0 Å². The molecule has 1 saturated carbocycles. The molecule has 1 aromatic heterocycles. The zero-order valence-corrected chi connectivity index (χ0v) is 10.1. The van der Waals surface area contributed by atoms with E-state index < -0.39 is 17.3 Å². The average Bonchev–Trinajstić information content (AvgIpc) is 2.30. The Labute approximate surface area is 104 Å². The number of halogens is 2. The van der Waals surface area contributed by atoms with Crippen LogP contribution in [0.2, 0.25) is 0 Å². The van der Waals surface area contributed by atoms with E-state index in [1.54, 1.807) is 19.2 Å². The normalized spacial score (nSPS) is 21.5. The number of rotatable bonds is 2. The first-order valence-electron chi connectivity index (χ1n) is 5.90. The van der Waals surface area contributed by atoms with Crippen molar-refractivity contribution in [3.63, 3.8) is 0 Å². The van der Waals surface area contributed by atoms with E-state index in [0.29, 0.717) is 5.56 Å². The first-order chi connectivity index (χ1) is 8.37. The van der Waals surface area contributed by atoms with Gasteiger partial charge in [-0.3, -0.25) is 9.78 Å². The summed E-state index contributed by atoms with van der Waals surface area (Å²) < 4.78 is 26.4. The molecule has 0 aromatic carbocycles. The number of aromatic nitrogens is 1. The summed E-state index contributed by atoms with van der Waals surface area (Å²) in [5, 5.41) is 9.46. The molecule has 18 heavy (non-hydrogen) atoms. The third kappa shape index (κ3) is 2.09. The SMILES string of the molecule is Cc1ccncc1C1(C(=O)O)CCC(F)(F)CC1. The van der Waals surface area contributed by atoms with Crippen LogP contribution in [0.15, 0.2) is 18.5 Å². The second-order valence-electron chi connectivity index (χ2n) is 4.93. The van der Waals surface area contributed by atoms with Crippen LogP contribution >= 0.6 is 0 Å². The minimum absolute atomic E-state index is 0.0398. The van der Waals surface area contributed by atoms with Gasteiger partial charge in [0, 0.05) is 25.2 Å². The molecular formula is C13H15F2NO2. The molecule has 0 atom stereocenters. The maximum atomic E-state index is 13.2. The number of carboxylic acid groups (broad SMARTS) is 1. The third-order valence-corrected chi connectivity index (χ3v) is 3.80. The maximum absolute atomic E-state index is 13.2. The van der Waals surface area contributed by atoms with Gasteiger partial charge in [0.25, 0.3) is 0 Å². The standard InChI is InChI=1S/C13H15F2NO2/c1-9-2-7-16-8-10(9)12(11(17)18)3-5-13(14,15)6-4-12/h2,7-8H,3-6H2,1H3,(H,17,18). The van der Waals surface area contributed by atoms with Gasteiger partial charge in [-0.15, -0.1) is 0 Å². The molecule has 0 saturated heterocycles. The summed E-state index contributed by atoms with van der Waals surface area (Å²) in [6, 6.07) is 1.72. The lowest BCUT2D eigenvalue weighted by Crippen LogP contribution is -2.43. The maximum Gasteiger partial charge on any atom is 0.314 e. The molecule has 0 amide bonds. The van der Waals surface area contributed by atoms with Crippen LogP contribution in [0.5, 0.6) is 0 Å². The Hall–Kier alpha value is -1.52. The van der Waals surface area contributed by atoms with Crippen LogP contribution in [0.4, 0.5) is 8.78 Å². The molecule has 1 N–H and O–H groups in total. The quantitative estimate of drug-likeness (QED) is 0.884. The highest BCUT2D eigenvalue weighted by Gasteiger charge is 2.49. The van der Waals surface area contributed by atoms with Crippen molar-refractivity contribution >= 4 is 5.97 Å². The highest BCUT2D eigenvalue weighted by atomic mass is 19.3. The minimum Gasteiger partial charge on any atom is -0.481 e. The number of carboxylic acids is 1. The van der Waals surface area contributed by atoms with Crippen LogP contribution < -0.4 is 0 Å². The smallest absolute Gasteiger partial charge is 0.314 e. The van der Waals surface area contributed by atoms with E-state index in [-0.39, 0.29) is 25.7 Å². The second kappa shape index (κ2) is 4.30. The minimum atomic E-state index is -2.74. The van der Waals surface area contributed by atoms with E-state index in [9.17, 15) is 18.7 Å². The summed E-state index contributed by atoms with van der Waals surface area (Å²) in [4.78, 5) is 15.5. The summed E-state index contributed by atoms with van der Waals surface area (Å²) in [7, 11) is 0. The van der Waals surface area contributed by atoms with Crippen molar-refractivity contribution in [3.05, 3.63) is 29.6 Å². The van der Waals surface area contributed by atoms with E-state index in [1.807, 2.05) is 0 Å². The van der Waals surface area contributed by atoms with Crippen LogP contribution in [0.3, 0.4) is 0 Å². The number of aliphatic carboxylic acids is 1. The first-order valence-corrected chi connectivity index (χ1v) is 5.90. The van der Waals surface area contributed by atoms with Gasteiger partial charge in [0.05, 0.1) is 5.41 Å². The van der Waals surface area contributed by atoms with Crippen molar-refractivity contribution in [1.82, 2.24) is 4.98 Å². The monoisotopic (exact) mass is 255 g/mol. The average molecular weight is 255 g/mol. The number of pyridine rings is 1. The zero-order chi connectivity index (χ0) is 13.4. The topological polar surface area (TPSA) is 50.2 Å². The van der Waals surface area contributed by atoms with Gasteiger partial charge in [-0.1, -0.05) is 0 Å². The molecule has 0 radical (unpaired) electrons. The molecule has 1 heterocycles. The largest absolute Gasteiger partial charge is 0.481 e. The molecule has 1 aromatic rings. The third-order valence-electron chi connectivity index (χ3n) is 3.80. The van der Waals surface area contributed by atoms with Crippen molar-refractivity contribution in [2.75, 3.05) is 0 Å². The van der Waals surface area contributed by atoms with Gasteiger partial charge >= 0.3 is 5.97 Å². The van der Waals surface area contributed by atoms with Crippen molar-refractivity contribution < 1.29 is 18.7 Å². The Morgan fingerprint density at radius 2 is 1.94 bits per heavy atom. The number of alkyl halides is 2. The highest BCUT2D eigenvalue weighted by Crippen LogP contribution is 2.46. The van der Waals surface area contributed by atoms with E-state index in [4.69, 9.17) is 0 Å². The molecule has 0 aliphatic heterocycles. The van der Waals surface area contributed by atoms with Gasteiger partial charge in [0.15, 0.2) is 0 Å². The Morgan fingerprint density at radius 3 is 2.44 bits per heavy atom. The number of nitrogens with zero attached hydrogens (tertiary/aromatic N) is 1. The van der Waals surface area contributed by atoms with Crippen LogP contribution in [0.25, 0.3) is 0 Å². The fourth-order valence-electron chi connectivity index (χ4n) is 2.61. The van der Waals surface area contributed by atoms with Crippen molar-refractivity contribution in [2.24, 2.45) is 0 Å². The Kier molecular flexibility index (Phi) is 3.09. The molecule has 3 nitrogen and oxygen atoms in total. The summed E-state index contributed by atoms with van der Waals surface area (Å²) in [6.45, 7) is 1.79. The fourth-order valence-corrected chi connectivity index (χ4v) is 2.61. The number of hydrogen-bond acceptors (Lipinski definition) is 2. The Bertz CT molecular complexity index is 464. The fraction of sp³-hybridized carbons (Fsp3) is 0.538. The Morgan fingerprint density at radius 1 is 1.33 bits per heavy atom. The van der Waals surface area contributed by atoms with Crippen molar-refractivity contribution in [1.29, 1.82) is 0 Å². The van der Waals surface area contributed by atoms with Crippen LogP contribution in [0, 0.1) is 6.92 Å². The lowest BCUT2D eigenvalue weighted by atomic mass is 9.68. The number of aryl methyl sites for hydroxylation is 1. The molecular weight excluding hydrogens is 240 g/mol. The molecule has 1 fully saturated rings. The molecule has 1 aliphatic carbocycles. The first kappa shape index (κ1) is 12.9. The molecule has 1 aliphatic rings. The Balaban J connectivity index is 2.42. The summed E-state index contributed by atoms with van der Waals surface area (Å²) in [5.41, 5.74) is 0.144. The summed E-state index contributed by atoms with van der Waals surface area (Å²) in [5.74, 6) is -3.77. The van der Waals surface area contributed by atoms with Crippen molar-refractivity contribution in [3.8, 4) is 0 Å². The molecule has 0 spiro atoms. The molecule has 2 rings (SSSR count). The summed E-state index contributed by atoms with van der Waals surface area (Å²) in [6.07, 6.45) is 2.23. The van der Waals surface area contributed by atoms with Gasteiger partial charge in [0.2, 0.25) is 5.92 Å². The van der Waals surface area contributed by atoms with Gasteiger partial charge in [-0.25, -0.2) is 8.78 Å². The van der Waals surface area contributed by atoms with E-state index in [1.165, 1.54) is 6.20 Å². The van der Waals surface area contributed by atoms with Gasteiger partial charge in [0.1, 0.15) is 0 Å². The van der Waals surface area contributed by atoms with E-state index in [0.717, 1.165) is 5.56 Å². The highest BCUT2D eigenvalue weighted by molar-refractivity contribution is 5.82. The summed E-state index contributed by atoms with van der Waals surface area (Å²) >= 11 is 0. The predicted octanol–water partition coefficient (Wildman–Crippen LogP) is 2.92. The van der Waals surface area contributed by atoms with Gasteiger partial charge < -0.3 is 5.11 Å². The van der Waals surface area contributed by atoms with Crippen LogP contribution in [-0.4, -0.2) is 22.0 Å². The molecule has 98 valence electrons. The van der Waals surface area contributed by atoms with E-state index in [2.05, 4.69) is 4.98 Å². The lowest BCUT2D eigenvalue weighted by molar-refractivity contribution is -0.149. The van der Waals surface area contributed by atoms with Crippen molar-refractivity contribution in [2.45, 2.75) is 43.9 Å². The molecule has 0 bridgehead atoms.